The van der Waals surface area contributed by atoms with Crippen molar-refractivity contribution in [1.29, 1.82) is 0 Å². The Morgan fingerprint density at radius 2 is 1.56 bits per heavy atom. The van der Waals surface area contributed by atoms with Crippen molar-refractivity contribution in [2.45, 2.75) is 6.54 Å². The van der Waals surface area contributed by atoms with Crippen LogP contribution in [0.5, 0.6) is 11.8 Å². The van der Waals surface area contributed by atoms with Gasteiger partial charge in [0.15, 0.2) is 11.8 Å². The standard InChI is InChI=1S/C12H14N2O2/c15-11-5-6-12(16)14(11)10-4-3-9-13-7-1-2-8-13/h1-2,5-6,15-16H,7-10H2. The first kappa shape index (κ1) is 10.7. The second kappa shape index (κ2) is 4.77. The van der Waals surface area contributed by atoms with Gasteiger partial charge in [0.2, 0.25) is 0 Å². The first-order chi connectivity index (χ1) is 7.77. The fourth-order valence-corrected chi connectivity index (χ4v) is 1.56. The van der Waals surface area contributed by atoms with Crippen molar-refractivity contribution < 1.29 is 10.2 Å². The van der Waals surface area contributed by atoms with E-state index >= 15 is 0 Å². The summed E-state index contributed by atoms with van der Waals surface area (Å²) in [6.07, 6.45) is 4.23. The van der Waals surface area contributed by atoms with Crippen molar-refractivity contribution in [3.8, 4) is 23.6 Å². The molecule has 1 aromatic rings. The molecule has 0 saturated carbocycles. The predicted octanol–water partition coefficient (Wildman–Crippen LogP) is 0.775. The summed E-state index contributed by atoms with van der Waals surface area (Å²) in [6, 6.07) is 2.89. The first-order valence-corrected chi connectivity index (χ1v) is 5.18. The lowest BCUT2D eigenvalue weighted by molar-refractivity contribution is 0.380. The van der Waals surface area contributed by atoms with Gasteiger partial charge in [-0.2, -0.15) is 0 Å². The topological polar surface area (TPSA) is 48.6 Å². The second-order valence-electron chi connectivity index (χ2n) is 3.65. The van der Waals surface area contributed by atoms with Crippen LogP contribution in [-0.4, -0.2) is 39.3 Å². The monoisotopic (exact) mass is 218 g/mol. The summed E-state index contributed by atoms with van der Waals surface area (Å²) in [6.45, 7) is 2.94. The van der Waals surface area contributed by atoms with Crippen LogP contribution < -0.4 is 0 Å². The molecule has 0 amide bonds. The molecule has 0 saturated heterocycles. The van der Waals surface area contributed by atoms with Gasteiger partial charge in [-0.3, -0.25) is 9.47 Å². The lowest BCUT2D eigenvalue weighted by atomic mass is 10.5. The van der Waals surface area contributed by atoms with Gasteiger partial charge in [-0.25, -0.2) is 0 Å². The Bertz CT molecular complexity index is 424. The molecule has 1 aliphatic rings. The van der Waals surface area contributed by atoms with E-state index in [9.17, 15) is 10.2 Å². The van der Waals surface area contributed by atoms with E-state index in [2.05, 4.69) is 28.9 Å². The minimum absolute atomic E-state index is 0.0367. The van der Waals surface area contributed by atoms with Gasteiger partial charge in [0.25, 0.3) is 0 Å². The van der Waals surface area contributed by atoms with Crippen LogP contribution in [0.3, 0.4) is 0 Å². The minimum atomic E-state index is 0.0367. The number of aromatic nitrogens is 1. The van der Waals surface area contributed by atoms with Crippen molar-refractivity contribution in [3.05, 3.63) is 24.3 Å². The molecular formula is C12H14N2O2. The van der Waals surface area contributed by atoms with E-state index in [4.69, 9.17) is 0 Å². The quantitative estimate of drug-likeness (QED) is 0.569. The average Bonchev–Trinajstić information content (AvgIpc) is 2.87. The van der Waals surface area contributed by atoms with Gasteiger partial charge >= 0.3 is 0 Å². The van der Waals surface area contributed by atoms with Crippen LogP contribution in [0.15, 0.2) is 24.3 Å². The average molecular weight is 218 g/mol. The molecule has 2 N–H and O–H groups in total. The summed E-state index contributed by atoms with van der Waals surface area (Å²) >= 11 is 0. The van der Waals surface area contributed by atoms with Crippen molar-refractivity contribution in [1.82, 2.24) is 9.47 Å². The van der Waals surface area contributed by atoms with Crippen molar-refractivity contribution >= 4 is 0 Å². The number of rotatable bonds is 2. The first-order valence-electron chi connectivity index (χ1n) is 5.18. The Labute approximate surface area is 94.4 Å². The zero-order chi connectivity index (χ0) is 11.4. The van der Waals surface area contributed by atoms with E-state index in [0.29, 0.717) is 6.54 Å². The third kappa shape index (κ3) is 2.38. The summed E-state index contributed by atoms with van der Waals surface area (Å²) in [5, 5.41) is 18.7. The molecule has 0 radical (unpaired) electrons. The SMILES string of the molecule is Oc1ccc(O)n1CC#CCN1CC=CC1. The van der Waals surface area contributed by atoms with Crippen LogP contribution in [0.2, 0.25) is 0 Å². The molecule has 0 aliphatic carbocycles. The molecular weight excluding hydrogens is 204 g/mol. The molecule has 4 nitrogen and oxygen atoms in total. The van der Waals surface area contributed by atoms with E-state index in [-0.39, 0.29) is 11.8 Å². The summed E-state index contributed by atoms with van der Waals surface area (Å²) in [7, 11) is 0. The predicted molar refractivity (Wildman–Crippen MR) is 61.1 cm³/mol. The maximum atomic E-state index is 9.36. The molecule has 0 spiro atoms. The molecule has 0 fully saturated rings. The summed E-state index contributed by atoms with van der Waals surface area (Å²) in [5.41, 5.74) is 0. The second-order valence-corrected chi connectivity index (χ2v) is 3.65. The van der Waals surface area contributed by atoms with Crippen LogP contribution in [0.4, 0.5) is 0 Å². The smallest absolute Gasteiger partial charge is 0.194 e. The maximum absolute atomic E-state index is 9.36. The van der Waals surface area contributed by atoms with Crippen molar-refractivity contribution in [3.63, 3.8) is 0 Å². The molecule has 0 unspecified atom stereocenters. The van der Waals surface area contributed by atoms with E-state index in [0.717, 1.165) is 19.6 Å². The van der Waals surface area contributed by atoms with Crippen LogP contribution in [0, 0.1) is 11.8 Å². The fraction of sp³-hybridized carbons (Fsp3) is 0.333. The third-order valence-electron chi connectivity index (χ3n) is 2.49. The maximum Gasteiger partial charge on any atom is 0.194 e. The van der Waals surface area contributed by atoms with Gasteiger partial charge in [-0.1, -0.05) is 24.0 Å². The van der Waals surface area contributed by atoms with Gasteiger partial charge in [0, 0.05) is 25.2 Å². The van der Waals surface area contributed by atoms with Crippen LogP contribution in [-0.2, 0) is 6.54 Å². The Balaban J connectivity index is 1.85. The van der Waals surface area contributed by atoms with E-state index in [1.165, 1.54) is 16.7 Å². The number of hydrogen-bond donors (Lipinski definition) is 2. The zero-order valence-corrected chi connectivity index (χ0v) is 8.93. The summed E-state index contributed by atoms with van der Waals surface area (Å²) < 4.78 is 1.36. The minimum Gasteiger partial charge on any atom is -0.494 e. The van der Waals surface area contributed by atoms with Gasteiger partial charge in [0.1, 0.15) is 0 Å². The van der Waals surface area contributed by atoms with E-state index < -0.39 is 0 Å². The number of aromatic hydroxyl groups is 2. The molecule has 16 heavy (non-hydrogen) atoms. The molecule has 1 aliphatic heterocycles. The molecule has 0 bridgehead atoms. The molecule has 2 rings (SSSR count). The Kier molecular flexibility index (Phi) is 3.18. The lowest BCUT2D eigenvalue weighted by Gasteiger charge is -2.08. The molecule has 1 aromatic heterocycles. The highest BCUT2D eigenvalue weighted by atomic mass is 16.3. The molecule has 4 heteroatoms. The van der Waals surface area contributed by atoms with Crippen LogP contribution >= 0.6 is 0 Å². The number of hydrogen-bond acceptors (Lipinski definition) is 3. The van der Waals surface area contributed by atoms with Crippen LogP contribution in [0.1, 0.15) is 0 Å². The van der Waals surface area contributed by atoms with Crippen molar-refractivity contribution in [2.75, 3.05) is 19.6 Å². The van der Waals surface area contributed by atoms with Crippen LogP contribution in [0.25, 0.3) is 0 Å². The molecule has 2 heterocycles. The lowest BCUT2D eigenvalue weighted by Crippen LogP contribution is -2.19. The van der Waals surface area contributed by atoms with Gasteiger partial charge in [-0.15, -0.1) is 0 Å². The highest BCUT2D eigenvalue weighted by Gasteiger charge is 2.04. The molecule has 84 valence electrons. The van der Waals surface area contributed by atoms with Gasteiger partial charge < -0.3 is 10.2 Å². The van der Waals surface area contributed by atoms with Gasteiger partial charge in [0.05, 0.1) is 13.1 Å². The third-order valence-corrected chi connectivity index (χ3v) is 2.49. The number of nitrogens with zero attached hydrogens (tertiary/aromatic N) is 2. The Morgan fingerprint density at radius 1 is 1.00 bits per heavy atom. The summed E-state index contributed by atoms with van der Waals surface area (Å²) in [4.78, 5) is 2.20. The van der Waals surface area contributed by atoms with E-state index in [1.54, 1.807) is 0 Å². The highest BCUT2D eigenvalue weighted by molar-refractivity contribution is 5.25. The highest BCUT2D eigenvalue weighted by Crippen LogP contribution is 2.19. The summed E-state index contributed by atoms with van der Waals surface area (Å²) in [5.74, 6) is 6.01. The normalized spacial score (nSPS) is 15.0. The van der Waals surface area contributed by atoms with Crippen molar-refractivity contribution in [2.24, 2.45) is 0 Å². The zero-order valence-electron chi connectivity index (χ0n) is 8.93. The fourth-order valence-electron chi connectivity index (χ4n) is 1.56. The van der Waals surface area contributed by atoms with E-state index in [1.807, 2.05) is 0 Å². The molecule has 0 atom stereocenters. The Morgan fingerprint density at radius 3 is 2.19 bits per heavy atom. The molecule has 0 aromatic carbocycles. The van der Waals surface area contributed by atoms with Gasteiger partial charge in [-0.05, 0) is 0 Å². The Hall–Kier alpha value is -1.86. The largest absolute Gasteiger partial charge is 0.494 e.